The van der Waals surface area contributed by atoms with Gasteiger partial charge < -0.3 is 5.32 Å². The van der Waals surface area contributed by atoms with Crippen molar-refractivity contribution in [3.05, 3.63) is 51.7 Å². The van der Waals surface area contributed by atoms with Gasteiger partial charge in [0.25, 0.3) is 0 Å². The molecule has 114 valence electrons. The van der Waals surface area contributed by atoms with Gasteiger partial charge >= 0.3 is 6.18 Å². The third kappa shape index (κ3) is 4.01. The second-order valence-corrected chi connectivity index (χ2v) is 5.53. The molecule has 0 radical (unpaired) electrons. The van der Waals surface area contributed by atoms with Crippen LogP contribution in [-0.2, 0) is 12.6 Å². The maximum atomic E-state index is 13.7. The summed E-state index contributed by atoms with van der Waals surface area (Å²) < 4.78 is 51.5. The summed E-state index contributed by atoms with van der Waals surface area (Å²) in [6.45, 7) is 2.42. The largest absolute Gasteiger partial charge is 0.443 e. The molecule has 0 bridgehead atoms. The molecule has 2 nitrogen and oxygen atoms in total. The molecule has 7 heteroatoms. The van der Waals surface area contributed by atoms with E-state index >= 15 is 0 Å². The van der Waals surface area contributed by atoms with Crippen LogP contribution in [0.4, 0.5) is 17.6 Å². The lowest BCUT2D eigenvalue weighted by atomic mass is 10.0. The molecule has 0 aliphatic rings. The average molecular weight is 318 g/mol. The number of hydrogen-bond donors (Lipinski definition) is 1. The van der Waals surface area contributed by atoms with Crippen LogP contribution in [0.2, 0.25) is 0 Å². The first-order valence-corrected chi connectivity index (χ1v) is 7.23. The second kappa shape index (κ2) is 6.53. The molecule has 0 amide bonds. The van der Waals surface area contributed by atoms with E-state index < -0.39 is 11.2 Å². The molecule has 1 aromatic heterocycles. The zero-order valence-electron chi connectivity index (χ0n) is 11.2. The van der Waals surface area contributed by atoms with E-state index in [1.165, 1.54) is 12.3 Å². The Hall–Kier alpha value is -1.47. The number of nitrogens with zero attached hydrogens (tertiary/aromatic N) is 1. The lowest BCUT2D eigenvalue weighted by molar-refractivity contribution is -0.137. The zero-order valence-corrected chi connectivity index (χ0v) is 12.1. The van der Waals surface area contributed by atoms with E-state index in [-0.39, 0.29) is 18.3 Å². The van der Waals surface area contributed by atoms with Crippen LogP contribution >= 0.6 is 11.3 Å². The van der Waals surface area contributed by atoms with Crippen LogP contribution in [0.15, 0.2) is 30.5 Å². The molecule has 0 spiro atoms. The first-order valence-electron chi connectivity index (χ1n) is 6.41. The average Bonchev–Trinajstić information content (AvgIpc) is 2.90. The summed E-state index contributed by atoms with van der Waals surface area (Å²) in [5.41, 5.74) is 0.463. The maximum absolute atomic E-state index is 13.7. The molecule has 1 atom stereocenters. The Morgan fingerprint density at radius 1 is 1.29 bits per heavy atom. The van der Waals surface area contributed by atoms with E-state index in [0.29, 0.717) is 28.3 Å². The van der Waals surface area contributed by atoms with Gasteiger partial charge in [-0.2, -0.15) is 13.2 Å². The molecule has 1 unspecified atom stereocenters. The third-order valence-electron chi connectivity index (χ3n) is 2.94. The van der Waals surface area contributed by atoms with Gasteiger partial charge in [-0.25, -0.2) is 9.37 Å². The summed E-state index contributed by atoms with van der Waals surface area (Å²) in [5, 5.41) is 2.20. The van der Waals surface area contributed by atoms with Crippen molar-refractivity contribution in [1.82, 2.24) is 10.3 Å². The van der Waals surface area contributed by atoms with Crippen molar-refractivity contribution in [2.75, 3.05) is 6.54 Å². The fourth-order valence-corrected chi connectivity index (χ4v) is 2.84. The van der Waals surface area contributed by atoms with Crippen molar-refractivity contribution in [3.63, 3.8) is 0 Å². The van der Waals surface area contributed by atoms with Crippen LogP contribution in [0.1, 0.15) is 28.4 Å². The van der Waals surface area contributed by atoms with E-state index in [9.17, 15) is 17.6 Å². The Morgan fingerprint density at radius 3 is 2.57 bits per heavy atom. The topological polar surface area (TPSA) is 24.9 Å². The molecule has 1 aromatic carbocycles. The molecule has 0 saturated heterocycles. The van der Waals surface area contributed by atoms with Gasteiger partial charge in [0.05, 0.1) is 0 Å². The molecule has 0 fully saturated rings. The van der Waals surface area contributed by atoms with Crippen molar-refractivity contribution < 1.29 is 17.6 Å². The predicted octanol–water partition coefficient (Wildman–Crippen LogP) is 4.19. The number of hydrogen-bond acceptors (Lipinski definition) is 3. The van der Waals surface area contributed by atoms with E-state index in [1.54, 1.807) is 18.2 Å². The Kier molecular flexibility index (Phi) is 4.95. The number of alkyl halides is 3. The van der Waals surface area contributed by atoms with Gasteiger partial charge in [-0.15, -0.1) is 11.3 Å². The van der Waals surface area contributed by atoms with Crippen LogP contribution in [0.25, 0.3) is 0 Å². The van der Waals surface area contributed by atoms with Gasteiger partial charge in [-0.1, -0.05) is 25.1 Å². The smallest absolute Gasteiger partial charge is 0.309 e. The summed E-state index contributed by atoms with van der Waals surface area (Å²) >= 11 is 0.592. The molecule has 0 aliphatic heterocycles. The summed E-state index contributed by atoms with van der Waals surface area (Å²) in [6, 6.07) is 5.86. The molecule has 2 aromatic rings. The van der Waals surface area contributed by atoms with Gasteiger partial charge in [0, 0.05) is 17.1 Å². The van der Waals surface area contributed by atoms with Crippen molar-refractivity contribution in [2.24, 2.45) is 0 Å². The predicted molar refractivity (Wildman–Crippen MR) is 73.6 cm³/mol. The highest BCUT2D eigenvalue weighted by Gasteiger charge is 2.35. The Labute approximate surface area is 123 Å². The first-order chi connectivity index (χ1) is 9.91. The minimum Gasteiger partial charge on any atom is -0.309 e. The maximum Gasteiger partial charge on any atom is 0.443 e. The number of nitrogens with one attached hydrogen (secondary N) is 1. The lowest BCUT2D eigenvalue weighted by Gasteiger charge is -2.16. The van der Waals surface area contributed by atoms with Crippen molar-refractivity contribution >= 4 is 11.3 Å². The molecule has 0 aliphatic carbocycles. The summed E-state index contributed by atoms with van der Waals surface area (Å²) in [6.07, 6.45) is -2.96. The van der Waals surface area contributed by atoms with Crippen LogP contribution in [0, 0.1) is 5.82 Å². The van der Waals surface area contributed by atoms with Crippen LogP contribution in [0.3, 0.4) is 0 Å². The van der Waals surface area contributed by atoms with E-state index in [2.05, 4.69) is 10.3 Å². The monoisotopic (exact) mass is 318 g/mol. The van der Waals surface area contributed by atoms with Gasteiger partial charge in [0.1, 0.15) is 5.82 Å². The minimum atomic E-state index is -4.45. The number of benzene rings is 1. The number of thiazole rings is 1. The highest BCUT2D eigenvalue weighted by atomic mass is 32.1. The normalized spacial score (nSPS) is 13.4. The molecular formula is C14H14F4N2S. The number of rotatable bonds is 5. The quantitative estimate of drug-likeness (QED) is 0.836. The summed E-state index contributed by atoms with van der Waals surface area (Å²) in [7, 11) is 0. The number of aromatic nitrogens is 1. The summed E-state index contributed by atoms with van der Waals surface area (Å²) in [5.74, 6) is -0.360. The molecule has 0 saturated carbocycles. The molecule has 21 heavy (non-hydrogen) atoms. The number of likely N-dealkylation sites (N-methyl/N-ethyl adjacent to an activating group) is 1. The highest BCUT2D eigenvalue weighted by Crippen LogP contribution is 2.35. The fourth-order valence-electron chi connectivity index (χ4n) is 1.98. The molecule has 1 heterocycles. The van der Waals surface area contributed by atoms with E-state index in [0.717, 1.165) is 0 Å². The zero-order chi connectivity index (χ0) is 15.5. The van der Waals surface area contributed by atoms with Crippen molar-refractivity contribution in [1.29, 1.82) is 0 Å². The van der Waals surface area contributed by atoms with Gasteiger partial charge in [-0.3, -0.25) is 0 Å². The van der Waals surface area contributed by atoms with E-state index in [1.807, 2.05) is 6.92 Å². The fraction of sp³-hybridized carbons (Fsp3) is 0.357. The van der Waals surface area contributed by atoms with E-state index in [4.69, 9.17) is 0 Å². The highest BCUT2D eigenvalue weighted by molar-refractivity contribution is 7.11. The first kappa shape index (κ1) is 15.9. The van der Waals surface area contributed by atoms with Crippen LogP contribution in [-0.4, -0.2) is 11.5 Å². The molecule has 2 rings (SSSR count). The Bertz CT molecular complexity index is 595. The second-order valence-electron chi connectivity index (χ2n) is 4.47. The summed E-state index contributed by atoms with van der Waals surface area (Å²) in [4.78, 5) is 3.87. The van der Waals surface area contributed by atoms with Crippen molar-refractivity contribution in [2.45, 2.75) is 25.6 Å². The molecular weight excluding hydrogens is 304 g/mol. The lowest BCUT2D eigenvalue weighted by Crippen LogP contribution is -2.22. The Morgan fingerprint density at radius 2 is 2.00 bits per heavy atom. The van der Waals surface area contributed by atoms with Gasteiger partial charge in [0.15, 0.2) is 5.01 Å². The third-order valence-corrected chi connectivity index (χ3v) is 4.10. The van der Waals surface area contributed by atoms with Gasteiger partial charge in [-0.05, 0) is 24.6 Å². The van der Waals surface area contributed by atoms with Gasteiger partial charge in [0.2, 0.25) is 0 Å². The Balaban J connectivity index is 2.23. The van der Waals surface area contributed by atoms with Crippen molar-refractivity contribution in [3.8, 4) is 0 Å². The molecule has 1 N–H and O–H groups in total. The SMILES string of the molecule is CCNC(Cc1ccccc1F)c1cnc(C(F)(F)F)s1. The van der Waals surface area contributed by atoms with Crippen LogP contribution < -0.4 is 5.32 Å². The minimum absolute atomic E-state index is 0.278. The number of halogens is 4. The van der Waals surface area contributed by atoms with Crippen LogP contribution in [0.5, 0.6) is 0 Å². The standard InChI is InChI=1S/C14H14F4N2S/c1-2-19-11(7-9-5-3-4-6-10(9)15)12-8-20-13(21-12)14(16,17)18/h3-6,8,11,19H,2,7H2,1H3.